The van der Waals surface area contributed by atoms with Gasteiger partial charge in [0.1, 0.15) is 0 Å². The van der Waals surface area contributed by atoms with Gasteiger partial charge in [0.2, 0.25) is 0 Å². The van der Waals surface area contributed by atoms with E-state index in [1.54, 1.807) is 23.1 Å². The van der Waals surface area contributed by atoms with Gasteiger partial charge in [-0.3, -0.25) is 0 Å². The van der Waals surface area contributed by atoms with Gasteiger partial charge < -0.3 is 5.32 Å². The van der Waals surface area contributed by atoms with E-state index < -0.39 is 0 Å². The molecule has 3 rings (SSSR count). The summed E-state index contributed by atoms with van der Waals surface area (Å²) in [5, 5.41) is 3.53. The molecule has 0 atom stereocenters. The molecule has 1 N–H and O–H groups in total. The summed E-state index contributed by atoms with van der Waals surface area (Å²) in [6.07, 6.45) is 2.07. The first-order valence-electron chi connectivity index (χ1n) is 6.91. The molecule has 1 heterocycles. The lowest BCUT2D eigenvalue weighted by atomic mass is 10.0. The molecule has 0 aliphatic rings. The van der Waals surface area contributed by atoms with Crippen molar-refractivity contribution in [1.82, 2.24) is 4.98 Å². The summed E-state index contributed by atoms with van der Waals surface area (Å²) in [6, 6.07) is 12.8. The van der Waals surface area contributed by atoms with Crippen molar-refractivity contribution in [3.63, 3.8) is 0 Å². The summed E-state index contributed by atoms with van der Waals surface area (Å²) >= 11 is 3.45. The van der Waals surface area contributed by atoms with Gasteiger partial charge in [-0.25, -0.2) is 4.98 Å². The largest absolute Gasteiger partial charge is 0.381 e. The number of thioether (sulfide) groups is 1. The van der Waals surface area contributed by atoms with Gasteiger partial charge in [0.15, 0.2) is 4.34 Å². The number of nitrogens with zero attached hydrogens (tertiary/aromatic N) is 1. The highest BCUT2D eigenvalue weighted by Crippen LogP contribution is 2.30. The first-order valence-corrected chi connectivity index (χ1v) is 8.95. The van der Waals surface area contributed by atoms with Crippen molar-refractivity contribution < 1.29 is 0 Å². The lowest BCUT2D eigenvalue weighted by Crippen LogP contribution is -2.03. The zero-order valence-electron chi connectivity index (χ0n) is 12.4. The van der Waals surface area contributed by atoms with E-state index in [1.807, 2.05) is 0 Å². The zero-order valence-corrected chi connectivity index (χ0v) is 14.1. The van der Waals surface area contributed by atoms with Crippen LogP contribution in [0.3, 0.4) is 0 Å². The summed E-state index contributed by atoms with van der Waals surface area (Å²) < 4.78 is 2.36. The fraction of sp³-hybridized carbons (Fsp3) is 0.235. The quantitative estimate of drug-likeness (QED) is 0.666. The number of aromatic nitrogens is 1. The van der Waals surface area contributed by atoms with E-state index in [4.69, 9.17) is 0 Å². The van der Waals surface area contributed by atoms with Crippen molar-refractivity contribution in [2.24, 2.45) is 0 Å². The number of hydrogen-bond donors (Lipinski definition) is 1. The van der Waals surface area contributed by atoms with Crippen LogP contribution in [0.5, 0.6) is 0 Å². The van der Waals surface area contributed by atoms with E-state index in [9.17, 15) is 0 Å². The fourth-order valence-corrected chi connectivity index (χ4v) is 3.95. The molecule has 1 aromatic heterocycles. The van der Waals surface area contributed by atoms with E-state index in [0.29, 0.717) is 0 Å². The number of thiazole rings is 1. The third-order valence-electron chi connectivity index (χ3n) is 3.66. The van der Waals surface area contributed by atoms with Crippen LogP contribution in [0.1, 0.15) is 16.7 Å². The summed E-state index contributed by atoms with van der Waals surface area (Å²) in [7, 11) is 0. The fourth-order valence-electron chi connectivity index (χ4n) is 2.42. The standard InChI is InChI=1S/C17H18N2S2/c1-11-5-4-6-12(2)14(11)10-18-13-7-8-15-16(9-13)21-17(19-15)20-3/h4-9,18H,10H2,1-3H3. The summed E-state index contributed by atoms with van der Waals surface area (Å²) in [5.41, 5.74) is 6.30. The SMILES string of the molecule is CSc1nc2ccc(NCc3c(C)cccc3C)cc2s1. The highest BCUT2D eigenvalue weighted by molar-refractivity contribution is 8.00. The third kappa shape index (κ3) is 3.06. The molecule has 0 bridgehead atoms. The van der Waals surface area contributed by atoms with Crippen LogP contribution in [-0.2, 0) is 6.54 Å². The predicted molar refractivity (Wildman–Crippen MR) is 94.6 cm³/mol. The maximum atomic E-state index is 4.57. The van der Waals surface area contributed by atoms with Crippen molar-refractivity contribution in [2.75, 3.05) is 11.6 Å². The monoisotopic (exact) mass is 314 g/mol. The molecule has 0 fully saturated rings. The van der Waals surface area contributed by atoms with Crippen molar-refractivity contribution in [3.05, 3.63) is 53.1 Å². The summed E-state index contributed by atoms with van der Waals surface area (Å²) in [5.74, 6) is 0. The molecule has 0 aliphatic heterocycles. The van der Waals surface area contributed by atoms with Crippen molar-refractivity contribution >= 4 is 39.0 Å². The lowest BCUT2D eigenvalue weighted by Gasteiger charge is -2.11. The first kappa shape index (κ1) is 14.4. The molecule has 0 amide bonds. The maximum absolute atomic E-state index is 4.57. The number of fused-ring (bicyclic) bond motifs is 1. The zero-order chi connectivity index (χ0) is 14.8. The number of nitrogens with one attached hydrogen (secondary N) is 1. The smallest absolute Gasteiger partial charge is 0.150 e. The molecule has 0 unspecified atom stereocenters. The minimum absolute atomic E-state index is 0.859. The molecular weight excluding hydrogens is 296 g/mol. The molecule has 108 valence electrons. The van der Waals surface area contributed by atoms with Gasteiger partial charge in [-0.2, -0.15) is 0 Å². The number of rotatable bonds is 4. The van der Waals surface area contributed by atoms with Crippen LogP contribution >= 0.6 is 23.1 Å². The van der Waals surface area contributed by atoms with Crippen LogP contribution in [0.25, 0.3) is 10.2 Å². The molecule has 0 radical (unpaired) electrons. The number of aryl methyl sites for hydroxylation is 2. The Labute approximate surface area is 133 Å². The first-order chi connectivity index (χ1) is 10.2. The normalized spacial score (nSPS) is 11.0. The lowest BCUT2D eigenvalue weighted by molar-refractivity contribution is 1.09. The van der Waals surface area contributed by atoms with Crippen LogP contribution in [0.15, 0.2) is 40.7 Å². The Bertz CT molecular complexity index is 757. The van der Waals surface area contributed by atoms with Gasteiger partial charge >= 0.3 is 0 Å². The Morgan fingerprint density at radius 3 is 2.62 bits per heavy atom. The predicted octanol–water partition coefficient (Wildman–Crippen LogP) is 5.25. The van der Waals surface area contributed by atoms with Crippen molar-refractivity contribution in [3.8, 4) is 0 Å². The van der Waals surface area contributed by atoms with Crippen molar-refractivity contribution in [2.45, 2.75) is 24.7 Å². The van der Waals surface area contributed by atoms with Gasteiger partial charge in [0.25, 0.3) is 0 Å². The molecule has 4 heteroatoms. The van der Waals surface area contributed by atoms with Crippen LogP contribution in [0.4, 0.5) is 5.69 Å². The molecule has 0 spiro atoms. The molecule has 0 aliphatic carbocycles. The summed E-state index contributed by atoms with van der Waals surface area (Å²) in [4.78, 5) is 4.57. The number of anilines is 1. The Hall–Kier alpha value is -1.52. The van der Waals surface area contributed by atoms with E-state index in [2.05, 4.69) is 66.8 Å². The molecule has 2 aromatic carbocycles. The Morgan fingerprint density at radius 2 is 1.90 bits per heavy atom. The van der Waals surface area contributed by atoms with Gasteiger partial charge in [0, 0.05) is 12.2 Å². The highest BCUT2D eigenvalue weighted by atomic mass is 32.2. The molecule has 21 heavy (non-hydrogen) atoms. The Morgan fingerprint density at radius 1 is 1.14 bits per heavy atom. The molecule has 0 saturated heterocycles. The number of hydrogen-bond acceptors (Lipinski definition) is 4. The van der Waals surface area contributed by atoms with Gasteiger partial charge in [-0.1, -0.05) is 30.0 Å². The third-order valence-corrected chi connectivity index (χ3v) is 5.66. The average molecular weight is 314 g/mol. The van der Waals surface area contributed by atoms with E-state index in [0.717, 1.165) is 22.1 Å². The number of benzene rings is 2. The maximum Gasteiger partial charge on any atom is 0.150 e. The molecule has 0 saturated carbocycles. The Balaban J connectivity index is 1.82. The summed E-state index contributed by atoms with van der Waals surface area (Å²) in [6.45, 7) is 5.19. The Kier molecular flexibility index (Phi) is 4.17. The van der Waals surface area contributed by atoms with E-state index in [-0.39, 0.29) is 0 Å². The second kappa shape index (κ2) is 6.08. The van der Waals surface area contributed by atoms with E-state index >= 15 is 0 Å². The molecule has 2 nitrogen and oxygen atoms in total. The van der Waals surface area contributed by atoms with Crippen LogP contribution in [0, 0.1) is 13.8 Å². The topological polar surface area (TPSA) is 24.9 Å². The van der Waals surface area contributed by atoms with Gasteiger partial charge in [-0.05, 0) is 55.0 Å². The van der Waals surface area contributed by atoms with Crippen LogP contribution in [0.2, 0.25) is 0 Å². The van der Waals surface area contributed by atoms with Gasteiger partial charge in [0.05, 0.1) is 10.2 Å². The van der Waals surface area contributed by atoms with Crippen LogP contribution < -0.4 is 5.32 Å². The minimum Gasteiger partial charge on any atom is -0.381 e. The van der Waals surface area contributed by atoms with Gasteiger partial charge in [-0.15, -0.1) is 11.3 Å². The van der Waals surface area contributed by atoms with E-state index in [1.165, 1.54) is 21.4 Å². The molecule has 3 aromatic rings. The minimum atomic E-state index is 0.859. The second-order valence-corrected chi connectivity index (χ2v) is 7.17. The average Bonchev–Trinajstić information content (AvgIpc) is 2.89. The second-order valence-electron chi connectivity index (χ2n) is 5.09. The highest BCUT2D eigenvalue weighted by Gasteiger charge is 2.05. The van der Waals surface area contributed by atoms with Crippen molar-refractivity contribution in [1.29, 1.82) is 0 Å². The molecular formula is C17H18N2S2. The van der Waals surface area contributed by atoms with Crippen LogP contribution in [-0.4, -0.2) is 11.2 Å².